The number of benzene rings is 1. The number of hydrogen-bond donors (Lipinski definition) is 0. The van der Waals surface area contributed by atoms with Crippen molar-refractivity contribution in [1.29, 1.82) is 0 Å². The van der Waals surface area contributed by atoms with E-state index in [1.54, 1.807) is 11.8 Å². The fourth-order valence-electron chi connectivity index (χ4n) is 5.39. The van der Waals surface area contributed by atoms with E-state index in [0.717, 1.165) is 49.3 Å². The Morgan fingerprint density at radius 1 is 1.17 bits per heavy atom. The first-order chi connectivity index (χ1) is 14.5. The lowest BCUT2D eigenvalue weighted by molar-refractivity contribution is -0.142. The molecule has 1 aromatic heterocycles. The van der Waals surface area contributed by atoms with Crippen LogP contribution in [0.5, 0.6) is 0 Å². The van der Waals surface area contributed by atoms with Gasteiger partial charge in [-0.2, -0.15) is 0 Å². The third-order valence-corrected chi connectivity index (χ3v) is 7.08. The van der Waals surface area contributed by atoms with Crippen LogP contribution in [-0.2, 0) is 40.9 Å². The summed E-state index contributed by atoms with van der Waals surface area (Å²) >= 11 is 0. The van der Waals surface area contributed by atoms with E-state index in [0.29, 0.717) is 19.6 Å². The molecule has 6 heteroatoms. The van der Waals surface area contributed by atoms with Crippen LogP contribution in [0.4, 0.5) is 5.69 Å². The summed E-state index contributed by atoms with van der Waals surface area (Å²) < 4.78 is 2.39. The molecule has 3 aliphatic rings. The van der Waals surface area contributed by atoms with Gasteiger partial charge in [0, 0.05) is 37.9 Å². The molecule has 0 bridgehead atoms. The largest absolute Gasteiger partial charge is 0.340 e. The highest BCUT2D eigenvalue weighted by atomic mass is 16.2. The fraction of sp³-hybridized carbons (Fsp3) is 0.542. The molecule has 30 heavy (non-hydrogen) atoms. The van der Waals surface area contributed by atoms with Gasteiger partial charge in [0.15, 0.2) is 0 Å². The molecule has 3 heterocycles. The molecule has 5 rings (SSSR count). The monoisotopic (exact) mass is 406 g/mol. The number of rotatable bonds is 5. The van der Waals surface area contributed by atoms with Crippen LogP contribution in [0.25, 0.3) is 0 Å². The van der Waals surface area contributed by atoms with Gasteiger partial charge >= 0.3 is 0 Å². The predicted octanol–water partition coefficient (Wildman–Crippen LogP) is 3.21. The molecule has 6 nitrogen and oxygen atoms in total. The van der Waals surface area contributed by atoms with Gasteiger partial charge in [-0.15, -0.1) is 0 Å². The number of carbonyl (C=O) groups is 2. The number of imidazole rings is 1. The smallest absolute Gasteiger partial charge is 0.241 e. The van der Waals surface area contributed by atoms with Crippen molar-refractivity contribution in [3.05, 3.63) is 47.0 Å². The van der Waals surface area contributed by atoms with Crippen LogP contribution in [0.1, 0.15) is 62.3 Å². The summed E-state index contributed by atoms with van der Waals surface area (Å²) in [6.07, 6.45) is 6.82. The molecule has 0 N–H and O–H groups in total. The maximum absolute atomic E-state index is 13.7. The number of para-hydroxylation sites is 1. The predicted molar refractivity (Wildman–Crippen MR) is 115 cm³/mol. The zero-order valence-electron chi connectivity index (χ0n) is 18.0. The molecule has 2 aromatic rings. The highest BCUT2D eigenvalue weighted by Crippen LogP contribution is 2.47. The molecule has 1 saturated heterocycles. The van der Waals surface area contributed by atoms with Crippen molar-refractivity contribution in [1.82, 2.24) is 14.5 Å². The maximum atomic E-state index is 13.7. The average Bonchev–Trinajstić information content (AvgIpc) is 3.18. The van der Waals surface area contributed by atoms with Crippen LogP contribution in [0.15, 0.2) is 24.3 Å². The SMILES string of the molecule is CCCCn1c(CN2C(=O)C3(CN(C(C)=O)C3)c3ccccc32)nc2c1CCCC2. The third-order valence-electron chi connectivity index (χ3n) is 7.08. The van der Waals surface area contributed by atoms with Crippen molar-refractivity contribution in [2.24, 2.45) is 0 Å². The first-order valence-corrected chi connectivity index (χ1v) is 11.3. The van der Waals surface area contributed by atoms with E-state index in [1.165, 1.54) is 24.2 Å². The summed E-state index contributed by atoms with van der Waals surface area (Å²) in [5, 5.41) is 0. The maximum Gasteiger partial charge on any atom is 0.241 e. The molecule has 1 aromatic carbocycles. The Morgan fingerprint density at radius 2 is 1.93 bits per heavy atom. The van der Waals surface area contributed by atoms with Crippen LogP contribution in [0.2, 0.25) is 0 Å². The number of aromatic nitrogens is 2. The van der Waals surface area contributed by atoms with Gasteiger partial charge in [-0.05, 0) is 43.7 Å². The standard InChI is InChI=1S/C24H30N4O2/c1-3-4-13-27-21-12-8-6-10-19(21)25-22(27)14-28-20-11-7-5-9-18(20)24(23(28)30)15-26(16-24)17(2)29/h5,7,9,11H,3-4,6,8,10,12-16H2,1-2H3. The fourth-order valence-corrected chi connectivity index (χ4v) is 5.39. The number of amides is 2. The van der Waals surface area contributed by atoms with Gasteiger partial charge in [-0.3, -0.25) is 9.59 Å². The molecule has 2 amide bonds. The normalized spacial score (nSPS) is 19.1. The summed E-state index contributed by atoms with van der Waals surface area (Å²) in [6, 6.07) is 8.08. The quantitative estimate of drug-likeness (QED) is 0.766. The van der Waals surface area contributed by atoms with Crippen molar-refractivity contribution in [2.75, 3.05) is 18.0 Å². The minimum absolute atomic E-state index is 0.0344. The first kappa shape index (κ1) is 19.3. The molecule has 2 aliphatic heterocycles. The highest BCUT2D eigenvalue weighted by molar-refractivity contribution is 6.09. The Morgan fingerprint density at radius 3 is 2.70 bits per heavy atom. The van der Waals surface area contributed by atoms with Gasteiger partial charge in [0.2, 0.25) is 11.8 Å². The van der Waals surface area contributed by atoms with Crippen LogP contribution in [-0.4, -0.2) is 39.4 Å². The van der Waals surface area contributed by atoms with Gasteiger partial charge in [-0.1, -0.05) is 31.5 Å². The van der Waals surface area contributed by atoms with Crippen LogP contribution in [0.3, 0.4) is 0 Å². The van der Waals surface area contributed by atoms with E-state index >= 15 is 0 Å². The van der Waals surface area contributed by atoms with Crippen molar-refractivity contribution in [2.45, 2.75) is 70.9 Å². The number of nitrogens with zero attached hydrogens (tertiary/aromatic N) is 4. The second kappa shape index (κ2) is 7.25. The van der Waals surface area contributed by atoms with Crippen molar-refractivity contribution >= 4 is 17.5 Å². The number of aryl methyl sites for hydroxylation is 1. The number of likely N-dealkylation sites (tertiary alicyclic amines) is 1. The molecular weight excluding hydrogens is 376 g/mol. The number of unbranched alkanes of at least 4 members (excludes halogenated alkanes) is 1. The summed E-state index contributed by atoms with van der Waals surface area (Å²) in [6.45, 7) is 6.23. The summed E-state index contributed by atoms with van der Waals surface area (Å²) in [4.78, 5) is 34.2. The summed E-state index contributed by atoms with van der Waals surface area (Å²) in [5.74, 6) is 1.16. The molecule has 0 unspecified atom stereocenters. The van der Waals surface area contributed by atoms with Gasteiger partial charge in [0.1, 0.15) is 11.2 Å². The van der Waals surface area contributed by atoms with E-state index in [9.17, 15) is 9.59 Å². The Kier molecular flexibility index (Phi) is 4.68. The van der Waals surface area contributed by atoms with E-state index in [2.05, 4.69) is 17.6 Å². The minimum Gasteiger partial charge on any atom is -0.340 e. The Bertz CT molecular complexity index is 1000. The lowest BCUT2D eigenvalue weighted by Gasteiger charge is -2.46. The molecule has 0 saturated carbocycles. The lowest BCUT2D eigenvalue weighted by Crippen LogP contribution is -2.64. The number of hydrogen-bond acceptors (Lipinski definition) is 3. The Hall–Kier alpha value is -2.63. The number of anilines is 1. The van der Waals surface area contributed by atoms with Crippen molar-refractivity contribution in [3.8, 4) is 0 Å². The lowest BCUT2D eigenvalue weighted by atomic mass is 9.74. The Balaban J connectivity index is 1.49. The van der Waals surface area contributed by atoms with Crippen LogP contribution >= 0.6 is 0 Å². The molecule has 158 valence electrons. The third kappa shape index (κ3) is 2.80. The van der Waals surface area contributed by atoms with Crippen LogP contribution < -0.4 is 4.90 Å². The Labute approximate surface area is 177 Å². The van der Waals surface area contributed by atoms with Crippen molar-refractivity contribution in [3.63, 3.8) is 0 Å². The molecule has 1 spiro atoms. The average molecular weight is 407 g/mol. The van der Waals surface area contributed by atoms with Crippen molar-refractivity contribution < 1.29 is 9.59 Å². The summed E-state index contributed by atoms with van der Waals surface area (Å²) in [7, 11) is 0. The molecule has 1 fully saturated rings. The molecule has 0 atom stereocenters. The topological polar surface area (TPSA) is 58.4 Å². The molecular formula is C24H30N4O2. The highest BCUT2D eigenvalue weighted by Gasteiger charge is 2.58. The second-order valence-electron chi connectivity index (χ2n) is 9.00. The van der Waals surface area contributed by atoms with E-state index in [1.807, 2.05) is 23.1 Å². The molecule has 0 radical (unpaired) electrons. The van der Waals surface area contributed by atoms with Gasteiger partial charge < -0.3 is 14.4 Å². The number of fused-ring (bicyclic) bond motifs is 3. The van der Waals surface area contributed by atoms with Gasteiger partial charge in [0.05, 0.1) is 12.2 Å². The first-order valence-electron chi connectivity index (χ1n) is 11.3. The van der Waals surface area contributed by atoms with Gasteiger partial charge in [0.25, 0.3) is 0 Å². The second-order valence-corrected chi connectivity index (χ2v) is 9.00. The van der Waals surface area contributed by atoms with E-state index in [4.69, 9.17) is 4.98 Å². The summed E-state index contributed by atoms with van der Waals surface area (Å²) in [5.41, 5.74) is 4.07. The number of carbonyl (C=O) groups excluding carboxylic acids is 2. The molecule has 1 aliphatic carbocycles. The minimum atomic E-state index is -0.581. The van der Waals surface area contributed by atoms with E-state index < -0.39 is 5.41 Å². The van der Waals surface area contributed by atoms with Gasteiger partial charge in [-0.25, -0.2) is 4.98 Å². The zero-order valence-corrected chi connectivity index (χ0v) is 18.0. The van der Waals surface area contributed by atoms with Crippen LogP contribution in [0, 0.1) is 0 Å². The zero-order chi connectivity index (χ0) is 20.9. The van der Waals surface area contributed by atoms with E-state index in [-0.39, 0.29) is 11.8 Å².